The molecule has 0 atom stereocenters. The summed E-state index contributed by atoms with van der Waals surface area (Å²) in [5.41, 5.74) is 2.41. The highest BCUT2D eigenvalue weighted by Gasteiger charge is 1.99. The molecule has 15 heavy (non-hydrogen) atoms. The Labute approximate surface area is 88.0 Å². The van der Waals surface area contributed by atoms with Crippen LogP contribution in [0.5, 0.6) is 0 Å². The standard InChI is InChI=1S/C12H12N2O/c1-14-7-5-11-3-2-10(8-12(11)14)4-6-13-9-15/h2-3,5,7-8H,4,6H2,1H3. The van der Waals surface area contributed by atoms with Gasteiger partial charge in [-0.3, -0.25) is 0 Å². The number of benzene rings is 1. The quantitative estimate of drug-likeness (QED) is 0.551. The van der Waals surface area contributed by atoms with Crippen LogP contribution in [-0.2, 0) is 18.3 Å². The van der Waals surface area contributed by atoms with Crippen molar-refractivity contribution in [2.45, 2.75) is 6.42 Å². The Kier molecular flexibility index (Phi) is 2.66. The Hall–Kier alpha value is -1.86. The number of fused-ring (bicyclic) bond motifs is 1. The molecule has 1 aromatic carbocycles. The maximum atomic E-state index is 9.92. The molecule has 76 valence electrons. The molecule has 0 aliphatic carbocycles. The van der Waals surface area contributed by atoms with Crippen molar-refractivity contribution in [1.82, 2.24) is 4.57 Å². The predicted molar refractivity (Wildman–Crippen MR) is 59.6 cm³/mol. The zero-order chi connectivity index (χ0) is 10.7. The summed E-state index contributed by atoms with van der Waals surface area (Å²) in [5, 5.41) is 1.24. The molecule has 3 nitrogen and oxygen atoms in total. The van der Waals surface area contributed by atoms with Gasteiger partial charge in [-0.25, -0.2) is 9.79 Å². The van der Waals surface area contributed by atoms with Gasteiger partial charge in [0.2, 0.25) is 6.08 Å². The van der Waals surface area contributed by atoms with Crippen molar-refractivity contribution >= 4 is 17.0 Å². The zero-order valence-electron chi connectivity index (χ0n) is 8.60. The maximum absolute atomic E-state index is 9.92. The first-order chi connectivity index (χ1) is 7.31. The average Bonchev–Trinajstić information content (AvgIpc) is 2.61. The average molecular weight is 200 g/mol. The molecular formula is C12H12N2O. The lowest BCUT2D eigenvalue weighted by molar-refractivity contribution is 0.563. The van der Waals surface area contributed by atoms with Gasteiger partial charge in [-0.1, -0.05) is 12.1 Å². The Morgan fingerprint density at radius 2 is 2.27 bits per heavy atom. The summed E-state index contributed by atoms with van der Waals surface area (Å²) in [6.07, 6.45) is 4.38. The highest BCUT2D eigenvalue weighted by atomic mass is 16.1. The van der Waals surface area contributed by atoms with Crippen LogP contribution in [0.1, 0.15) is 5.56 Å². The fourth-order valence-corrected chi connectivity index (χ4v) is 1.69. The molecule has 2 rings (SSSR count). The summed E-state index contributed by atoms with van der Waals surface area (Å²) < 4.78 is 2.09. The van der Waals surface area contributed by atoms with Gasteiger partial charge >= 0.3 is 0 Å². The molecule has 1 aromatic heterocycles. The van der Waals surface area contributed by atoms with Crippen LogP contribution in [0.2, 0.25) is 0 Å². The first-order valence-electron chi connectivity index (χ1n) is 4.89. The van der Waals surface area contributed by atoms with Crippen molar-refractivity contribution in [3.8, 4) is 0 Å². The van der Waals surface area contributed by atoms with E-state index in [-0.39, 0.29) is 0 Å². The van der Waals surface area contributed by atoms with Gasteiger partial charge < -0.3 is 4.57 Å². The van der Waals surface area contributed by atoms with Crippen LogP contribution >= 0.6 is 0 Å². The molecule has 0 aliphatic heterocycles. The summed E-state index contributed by atoms with van der Waals surface area (Å²) in [6, 6.07) is 8.39. The molecule has 0 bridgehead atoms. The van der Waals surface area contributed by atoms with Crippen molar-refractivity contribution in [3.05, 3.63) is 36.0 Å². The number of isocyanates is 1. The minimum absolute atomic E-state index is 0.513. The molecule has 0 unspecified atom stereocenters. The van der Waals surface area contributed by atoms with E-state index in [4.69, 9.17) is 0 Å². The van der Waals surface area contributed by atoms with Gasteiger partial charge in [0.25, 0.3) is 0 Å². The van der Waals surface area contributed by atoms with Gasteiger partial charge in [0.1, 0.15) is 0 Å². The fourth-order valence-electron chi connectivity index (χ4n) is 1.69. The number of nitrogens with zero attached hydrogens (tertiary/aromatic N) is 2. The fraction of sp³-hybridized carbons (Fsp3) is 0.250. The van der Waals surface area contributed by atoms with Crippen molar-refractivity contribution in [2.24, 2.45) is 12.0 Å². The molecule has 0 aliphatic rings. The Bertz CT molecular complexity index is 521. The van der Waals surface area contributed by atoms with Gasteiger partial charge in [0.05, 0.1) is 6.54 Å². The molecule has 0 saturated heterocycles. The van der Waals surface area contributed by atoms with Gasteiger partial charge in [0.15, 0.2) is 0 Å². The second kappa shape index (κ2) is 4.11. The molecule has 0 amide bonds. The molecule has 3 heteroatoms. The lowest BCUT2D eigenvalue weighted by Crippen LogP contribution is -1.90. The van der Waals surface area contributed by atoms with E-state index < -0.39 is 0 Å². The number of aromatic nitrogens is 1. The monoisotopic (exact) mass is 200 g/mol. The third-order valence-electron chi connectivity index (χ3n) is 2.53. The van der Waals surface area contributed by atoms with Gasteiger partial charge in [-0.05, 0) is 29.5 Å². The molecule has 0 saturated carbocycles. The van der Waals surface area contributed by atoms with Crippen molar-refractivity contribution in [1.29, 1.82) is 0 Å². The highest BCUT2D eigenvalue weighted by Crippen LogP contribution is 2.16. The van der Waals surface area contributed by atoms with Gasteiger partial charge in [0, 0.05) is 18.8 Å². The minimum Gasteiger partial charge on any atom is -0.351 e. The van der Waals surface area contributed by atoms with Gasteiger partial charge in [-0.15, -0.1) is 0 Å². The number of rotatable bonds is 3. The van der Waals surface area contributed by atoms with E-state index >= 15 is 0 Å². The van der Waals surface area contributed by atoms with Crippen molar-refractivity contribution in [3.63, 3.8) is 0 Å². The molecule has 0 N–H and O–H groups in total. The number of hydrogen-bond donors (Lipinski definition) is 0. The van der Waals surface area contributed by atoms with Crippen LogP contribution in [0.25, 0.3) is 10.9 Å². The summed E-state index contributed by atoms with van der Waals surface area (Å²) in [6.45, 7) is 0.513. The second-order valence-corrected chi connectivity index (χ2v) is 3.54. The van der Waals surface area contributed by atoms with Crippen LogP contribution < -0.4 is 0 Å². The van der Waals surface area contributed by atoms with Crippen LogP contribution in [0, 0.1) is 0 Å². The predicted octanol–water partition coefficient (Wildman–Crippen LogP) is 2.06. The van der Waals surface area contributed by atoms with Gasteiger partial charge in [-0.2, -0.15) is 0 Å². The summed E-state index contributed by atoms with van der Waals surface area (Å²) in [5.74, 6) is 0. The summed E-state index contributed by atoms with van der Waals surface area (Å²) >= 11 is 0. The normalized spacial score (nSPS) is 10.2. The SMILES string of the molecule is Cn1ccc2ccc(CCN=C=O)cc21. The van der Waals surface area contributed by atoms with E-state index in [1.165, 1.54) is 16.5 Å². The van der Waals surface area contributed by atoms with E-state index in [1.807, 2.05) is 13.2 Å². The third-order valence-corrected chi connectivity index (χ3v) is 2.53. The van der Waals surface area contributed by atoms with E-state index in [0.29, 0.717) is 6.54 Å². The van der Waals surface area contributed by atoms with Crippen molar-refractivity contribution < 1.29 is 4.79 Å². The van der Waals surface area contributed by atoms with Crippen molar-refractivity contribution in [2.75, 3.05) is 6.54 Å². The van der Waals surface area contributed by atoms with E-state index in [0.717, 1.165) is 6.42 Å². The van der Waals surface area contributed by atoms with Crippen LogP contribution in [0.4, 0.5) is 0 Å². The highest BCUT2D eigenvalue weighted by molar-refractivity contribution is 5.80. The second-order valence-electron chi connectivity index (χ2n) is 3.54. The zero-order valence-corrected chi connectivity index (χ0v) is 8.60. The lowest BCUT2D eigenvalue weighted by atomic mass is 10.1. The first-order valence-corrected chi connectivity index (χ1v) is 4.89. The molecule has 0 radical (unpaired) electrons. The molecule has 0 spiro atoms. The Morgan fingerprint density at radius 1 is 1.40 bits per heavy atom. The van der Waals surface area contributed by atoms with Crippen LogP contribution in [0.3, 0.4) is 0 Å². The number of aliphatic imine (C=N–C) groups is 1. The van der Waals surface area contributed by atoms with E-state index in [2.05, 4.69) is 33.8 Å². The largest absolute Gasteiger partial charge is 0.351 e. The Balaban J connectivity index is 2.29. The molecule has 0 fully saturated rings. The summed E-state index contributed by atoms with van der Waals surface area (Å²) in [4.78, 5) is 13.5. The smallest absolute Gasteiger partial charge is 0.234 e. The minimum atomic E-state index is 0.513. The number of carbonyl (C=O) groups excluding carboxylic acids is 1. The number of aryl methyl sites for hydroxylation is 1. The topological polar surface area (TPSA) is 34.4 Å². The maximum Gasteiger partial charge on any atom is 0.234 e. The number of hydrogen-bond acceptors (Lipinski definition) is 2. The lowest BCUT2D eigenvalue weighted by Gasteiger charge is -2.00. The molecular weight excluding hydrogens is 188 g/mol. The van der Waals surface area contributed by atoms with E-state index in [9.17, 15) is 4.79 Å². The van der Waals surface area contributed by atoms with E-state index in [1.54, 1.807) is 6.08 Å². The summed E-state index contributed by atoms with van der Waals surface area (Å²) in [7, 11) is 2.02. The third kappa shape index (κ3) is 1.97. The first kappa shape index (κ1) is 9.69. The Morgan fingerprint density at radius 3 is 3.07 bits per heavy atom. The van der Waals surface area contributed by atoms with Crippen LogP contribution in [-0.4, -0.2) is 17.2 Å². The molecule has 2 aromatic rings. The molecule has 1 heterocycles. The van der Waals surface area contributed by atoms with Crippen LogP contribution in [0.15, 0.2) is 35.5 Å².